The number of hydrogen-bond donors (Lipinski definition) is 3. The van der Waals surface area contributed by atoms with Crippen molar-refractivity contribution in [1.82, 2.24) is 20.5 Å². The van der Waals surface area contributed by atoms with Gasteiger partial charge in [-0.25, -0.2) is 4.98 Å². The molecule has 3 rings (SSSR count). The Hall–Kier alpha value is -1.88. The van der Waals surface area contributed by atoms with Crippen LogP contribution in [0, 0.1) is 6.92 Å². The molecule has 1 aromatic heterocycles. The van der Waals surface area contributed by atoms with Gasteiger partial charge in [0.25, 0.3) is 0 Å². The zero-order chi connectivity index (χ0) is 13.8. The molecule has 2 aromatic rings. The molecule has 0 spiro atoms. The van der Waals surface area contributed by atoms with E-state index in [-0.39, 0.29) is 0 Å². The van der Waals surface area contributed by atoms with Crippen LogP contribution >= 0.6 is 0 Å². The summed E-state index contributed by atoms with van der Waals surface area (Å²) in [5.41, 5.74) is 2.14. The molecule has 1 aliphatic heterocycles. The van der Waals surface area contributed by atoms with Crippen LogP contribution in [-0.4, -0.2) is 34.3 Å². The lowest BCUT2D eigenvalue weighted by Crippen LogP contribution is -2.39. The van der Waals surface area contributed by atoms with Gasteiger partial charge in [-0.2, -0.15) is 5.10 Å². The van der Waals surface area contributed by atoms with E-state index in [0.717, 1.165) is 36.0 Å². The minimum atomic E-state index is 0.561. The van der Waals surface area contributed by atoms with Gasteiger partial charge in [-0.3, -0.25) is 5.10 Å². The second-order valence-corrected chi connectivity index (χ2v) is 5.32. The van der Waals surface area contributed by atoms with Crippen molar-refractivity contribution in [2.45, 2.75) is 32.2 Å². The average molecular weight is 271 g/mol. The van der Waals surface area contributed by atoms with Gasteiger partial charge in [-0.05, 0) is 38.4 Å². The molecular formula is C15H21N5. The van der Waals surface area contributed by atoms with Crippen molar-refractivity contribution < 1.29 is 0 Å². The minimum Gasteiger partial charge on any atom is -0.383 e. The molecule has 5 nitrogen and oxygen atoms in total. The van der Waals surface area contributed by atoms with Crippen LogP contribution in [0.3, 0.4) is 0 Å². The SMILES string of the molecule is Cc1nc(-c2ccccc2NCC2CCCCN2)n[nH]1. The number of anilines is 1. The topological polar surface area (TPSA) is 65.6 Å². The Balaban J connectivity index is 1.72. The van der Waals surface area contributed by atoms with Crippen molar-refractivity contribution in [3.8, 4) is 11.4 Å². The summed E-state index contributed by atoms with van der Waals surface area (Å²) in [6.07, 6.45) is 3.86. The summed E-state index contributed by atoms with van der Waals surface area (Å²) in [6.45, 7) is 3.99. The number of para-hydroxylation sites is 1. The molecule has 1 atom stereocenters. The van der Waals surface area contributed by atoms with Crippen molar-refractivity contribution in [2.24, 2.45) is 0 Å². The van der Waals surface area contributed by atoms with Crippen molar-refractivity contribution in [2.75, 3.05) is 18.4 Å². The number of piperidine rings is 1. The number of benzene rings is 1. The van der Waals surface area contributed by atoms with Crippen LogP contribution in [0.25, 0.3) is 11.4 Å². The Bertz CT molecular complexity index is 557. The molecule has 1 aliphatic rings. The third kappa shape index (κ3) is 2.99. The molecule has 5 heteroatoms. The lowest BCUT2D eigenvalue weighted by atomic mass is 10.0. The molecule has 106 valence electrons. The van der Waals surface area contributed by atoms with Gasteiger partial charge >= 0.3 is 0 Å². The number of aromatic amines is 1. The van der Waals surface area contributed by atoms with Crippen LogP contribution in [0.1, 0.15) is 25.1 Å². The summed E-state index contributed by atoms with van der Waals surface area (Å²) in [5, 5.41) is 14.2. The number of aromatic nitrogens is 3. The highest BCUT2D eigenvalue weighted by Crippen LogP contribution is 2.24. The Morgan fingerprint density at radius 2 is 2.20 bits per heavy atom. The molecule has 1 aromatic carbocycles. The van der Waals surface area contributed by atoms with Gasteiger partial charge < -0.3 is 10.6 Å². The second kappa shape index (κ2) is 6.05. The highest BCUT2D eigenvalue weighted by Gasteiger charge is 2.14. The highest BCUT2D eigenvalue weighted by atomic mass is 15.2. The van der Waals surface area contributed by atoms with Crippen molar-refractivity contribution >= 4 is 5.69 Å². The molecule has 0 aliphatic carbocycles. The van der Waals surface area contributed by atoms with Gasteiger partial charge in [0.05, 0.1) is 0 Å². The van der Waals surface area contributed by atoms with E-state index in [1.54, 1.807) is 0 Å². The Labute approximate surface area is 119 Å². The second-order valence-electron chi connectivity index (χ2n) is 5.32. The lowest BCUT2D eigenvalue weighted by molar-refractivity contribution is 0.414. The van der Waals surface area contributed by atoms with Crippen LogP contribution in [-0.2, 0) is 0 Å². The normalized spacial score (nSPS) is 18.9. The summed E-state index contributed by atoms with van der Waals surface area (Å²) in [4.78, 5) is 4.41. The number of nitrogens with zero attached hydrogens (tertiary/aromatic N) is 2. The first-order valence-electron chi connectivity index (χ1n) is 7.28. The van der Waals surface area contributed by atoms with Gasteiger partial charge in [0.15, 0.2) is 5.82 Å². The summed E-state index contributed by atoms with van der Waals surface area (Å²) in [7, 11) is 0. The third-order valence-electron chi connectivity index (χ3n) is 3.72. The van der Waals surface area contributed by atoms with Crippen molar-refractivity contribution in [1.29, 1.82) is 0 Å². The van der Waals surface area contributed by atoms with Gasteiger partial charge in [0, 0.05) is 23.8 Å². The van der Waals surface area contributed by atoms with Crippen LogP contribution in [0.15, 0.2) is 24.3 Å². The predicted molar refractivity (Wildman–Crippen MR) is 80.7 cm³/mol. The number of nitrogens with one attached hydrogen (secondary N) is 3. The van der Waals surface area contributed by atoms with Crippen LogP contribution in [0.4, 0.5) is 5.69 Å². The fourth-order valence-corrected chi connectivity index (χ4v) is 2.63. The predicted octanol–water partition coefficient (Wildman–Crippen LogP) is 2.33. The van der Waals surface area contributed by atoms with E-state index in [1.165, 1.54) is 19.3 Å². The zero-order valence-corrected chi connectivity index (χ0v) is 11.8. The molecule has 1 saturated heterocycles. The maximum atomic E-state index is 4.41. The maximum Gasteiger partial charge on any atom is 0.183 e. The molecule has 3 N–H and O–H groups in total. The highest BCUT2D eigenvalue weighted by molar-refractivity contribution is 5.73. The van der Waals surface area contributed by atoms with Crippen LogP contribution < -0.4 is 10.6 Å². The fraction of sp³-hybridized carbons (Fsp3) is 0.467. The number of rotatable bonds is 4. The van der Waals surface area contributed by atoms with Gasteiger partial charge in [0.1, 0.15) is 5.82 Å². The summed E-state index contributed by atoms with van der Waals surface area (Å²) in [6, 6.07) is 8.76. The molecule has 0 radical (unpaired) electrons. The number of H-pyrrole nitrogens is 1. The number of hydrogen-bond acceptors (Lipinski definition) is 4. The smallest absolute Gasteiger partial charge is 0.183 e. The maximum absolute atomic E-state index is 4.41. The summed E-state index contributed by atoms with van der Waals surface area (Å²) in [5.74, 6) is 1.59. The summed E-state index contributed by atoms with van der Waals surface area (Å²) < 4.78 is 0. The largest absolute Gasteiger partial charge is 0.383 e. The first kappa shape index (κ1) is 13.1. The first-order chi connectivity index (χ1) is 9.83. The summed E-state index contributed by atoms with van der Waals surface area (Å²) >= 11 is 0. The van der Waals surface area contributed by atoms with E-state index >= 15 is 0 Å². The Kier molecular flexibility index (Phi) is 3.97. The van der Waals surface area contributed by atoms with E-state index in [1.807, 2.05) is 19.1 Å². The third-order valence-corrected chi connectivity index (χ3v) is 3.72. The minimum absolute atomic E-state index is 0.561. The monoisotopic (exact) mass is 271 g/mol. The van der Waals surface area contributed by atoms with E-state index in [2.05, 4.69) is 37.9 Å². The first-order valence-corrected chi connectivity index (χ1v) is 7.28. The molecule has 0 amide bonds. The standard InChI is InChI=1S/C15H21N5/c1-11-18-15(20-19-11)13-7-2-3-8-14(13)17-10-12-6-4-5-9-16-12/h2-3,7-8,12,16-17H,4-6,9-10H2,1H3,(H,18,19,20). The zero-order valence-electron chi connectivity index (χ0n) is 11.8. The molecule has 1 unspecified atom stereocenters. The van der Waals surface area contributed by atoms with Crippen LogP contribution in [0.2, 0.25) is 0 Å². The average Bonchev–Trinajstić information content (AvgIpc) is 2.93. The van der Waals surface area contributed by atoms with Crippen molar-refractivity contribution in [3.05, 3.63) is 30.1 Å². The van der Waals surface area contributed by atoms with E-state index < -0.39 is 0 Å². The molecule has 20 heavy (non-hydrogen) atoms. The quantitative estimate of drug-likeness (QED) is 0.798. The van der Waals surface area contributed by atoms with E-state index in [0.29, 0.717) is 6.04 Å². The fourth-order valence-electron chi connectivity index (χ4n) is 2.63. The Morgan fingerprint density at radius 3 is 2.95 bits per heavy atom. The van der Waals surface area contributed by atoms with E-state index in [9.17, 15) is 0 Å². The molecule has 1 fully saturated rings. The molecular weight excluding hydrogens is 250 g/mol. The molecule has 0 bridgehead atoms. The Morgan fingerprint density at radius 1 is 1.30 bits per heavy atom. The van der Waals surface area contributed by atoms with Gasteiger partial charge in [-0.1, -0.05) is 18.6 Å². The van der Waals surface area contributed by atoms with Crippen LogP contribution in [0.5, 0.6) is 0 Å². The van der Waals surface area contributed by atoms with Gasteiger partial charge in [-0.15, -0.1) is 0 Å². The number of aryl methyl sites for hydroxylation is 1. The van der Waals surface area contributed by atoms with Crippen molar-refractivity contribution in [3.63, 3.8) is 0 Å². The molecule has 0 saturated carbocycles. The van der Waals surface area contributed by atoms with Gasteiger partial charge in [0.2, 0.25) is 0 Å². The lowest BCUT2D eigenvalue weighted by Gasteiger charge is -2.24. The molecule has 2 heterocycles. The van der Waals surface area contributed by atoms with E-state index in [4.69, 9.17) is 0 Å².